The Hall–Kier alpha value is -1.10. The molecule has 0 aliphatic carbocycles. The molecule has 0 aliphatic rings. The van der Waals surface area contributed by atoms with Gasteiger partial charge in [0.1, 0.15) is 10.2 Å². The third kappa shape index (κ3) is 5.17. The lowest BCUT2D eigenvalue weighted by Gasteiger charge is -2.19. The third-order valence-electron chi connectivity index (χ3n) is 1.91. The molecule has 0 atom stereocenters. The molecule has 1 aromatic heterocycles. The zero-order valence-electron chi connectivity index (χ0n) is 10.5. The number of pyridine rings is 1. The average molecular weight is 301 g/mol. The molecule has 94 valence electrons. The molecule has 1 aromatic rings. The second kappa shape index (κ2) is 5.49. The normalized spacial score (nSPS) is 11.1. The van der Waals surface area contributed by atoms with E-state index in [1.54, 1.807) is 6.20 Å². The molecule has 0 saturated carbocycles. The zero-order chi connectivity index (χ0) is 13.1. The van der Waals surface area contributed by atoms with Crippen LogP contribution in [0.2, 0.25) is 0 Å². The van der Waals surface area contributed by atoms with Crippen molar-refractivity contribution in [3.05, 3.63) is 28.0 Å². The van der Waals surface area contributed by atoms with E-state index in [-0.39, 0.29) is 0 Å². The van der Waals surface area contributed by atoms with Gasteiger partial charge in [0.2, 0.25) is 0 Å². The number of nitrogens with one attached hydrogen (secondary N) is 1. The van der Waals surface area contributed by atoms with Gasteiger partial charge in [-0.15, -0.1) is 0 Å². The van der Waals surface area contributed by atoms with Crippen molar-refractivity contribution < 1.29 is 9.53 Å². The van der Waals surface area contributed by atoms with Gasteiger partial charge in [-0.3, -0.25) is 0 Å². The molecular weight excluding hydrogens is 284 g/mol. The molecule has 0 aliphatic heterocycles. The Morgan fingerprint density at radius 2 is 2.18 bits per heavy atom. The van der Waals surface area contributed by atoms with Crippen molar-refractivity contribution in [2.24, 2.45) is 0 Å². The standard InChI is InChI=1S/C12H17BrN2O2/c1-8-5-9(6-14-10(8)13)7-15-11(16)17-12(2,3)4/h5-6H,7H2,1-4H3,(H,15,16). The summed E-state index contributed by atoms with van der Waals surface area (Å²) in [4.78, 5) is 15.6. The van der Waals surface area contributed by atoms with Crippen LogP contribution in [0.3, 0.4) is 0 Å². The molecule has 0 unspecified atom stereocenters. The minimum Gasteiger partial charge on any atom is -0.444 e. The van der Waals surface area contributed by atoms with Crippen molar-refractivity contribution in [3.8, 4) is 0 Å². The van der Waals surface area contributed by atoms with E-state index < -0.39 is 11.7 Å². The Morgan fingerprint density at radius 1 is 1.53 bits per heavy atom. The highest BCUT2D eigenvalue weighted by Gasteiger charge is 2.15. The van der Waals surface area contributed by atoms with Crippen LogP contribution in [0.15, 0.2) is 16.9 Å². The van der Waals surface area contributed by atoms with E-state index in [0.717, 1.165) is 15.7 Å². The lowest BCUT2D eigenvalue weighted by molar-refractivity contribution is 0.0523. The molecule has 4 nitrogen and oxygen atoms in total. The Morgan fingerprint density at radius 3 is 2.71 bits per heavy atom. The van der Waals surface area contributed by atoms with Crippen molar-refractivity contribution in [2.75, 3.05) is 0 Å². The van der Waals surface area contributed by atoms with Crippen LogP contribution in [0.25, 0.3) is 0 Å². The molecule has 0 radical (unpaired) electrons. The number of halogens is 1. The fourth-order valence-electron chi connectivity index (χ4n) is 1.20. The summed E-state index contributed by atoms with van der Waals surface area (Å²) in [6.07, 6.45) is 1.30. The van der Waals surface area contributed by atoms with Crippen molar-refractivity contribution in [1.29, 1.82) is 0 Å². The molecule has 17 heavy (non-hydrogen) atoms. The van der Waals surface area contributed by atoms with Gasteiger partial charge in [-0.05, 0) is 54.8 Å². The number of hydrogen-bond acceptors (Lipinski definition) is 3. The summed E-state index contributed by atoms with van der Waals surface area (Å²) in [5.41, 5.74) is 1.50. The number of carbonyl (C=O) groups is 1. The largest absolute Gasteiger partial charge is 0.444 e. The quantitative estimate of drug-likeness (QED) is 0.854. The second-order valence-electron chi connectivity index (χ2n) is 4.81. The van der Waals surface area contributed by atoms with Gasteiger partial charge < -0.3 is 10.1 Å². The van der Waals surface area contributed by atoms with Crippen molar-refractivity contribution in [3.63, 3.8) is 0 Å². The summed E-state index contributed by atoms with van der Waals surface area (Å²) in [5, 5.41) is 2.69. The second-order valence-corrected chi connectivity index (χ2v) is 5.56. The van der Waals surface area contributed by atoms with Crippen LogP contribution in [0, 0.1) is 6.92 Å². The van der Waals surface area contributed by atoms with Crippen LogP contribution < -0.4 is 5.32 Å². The fourth-order valence-corrected chi connectivity index (χ4v) is 1.42. The van der Waals surface area contributed by atoms with Crippen molar-refractivity contribution in [2.45, 2.75) is 39.8 Å². The Labute approximate surface area is 110 Å². The first-order chi connectivity index (χ1) is 7.78. The van der Waals surface area contributed by atoms with Crippen LogP contribution in [0.1, 0.15) is 31.9 Å². The number of amides is 1. The van der Waals surface area contributed by atoms with E-state index in [9.17, 15) is 4.79 Å². The molecular formula is C12H17BrN2O2. The predicted molar refractivity (Wildman–Crippen MR) is 69.7 cm³/mol. The molecule has 0 saturated heterocycles. The number of ether oxygens (including phenoxy) is 1. The first-order valence-corrected chi connectivity index (χ1v) is 6.15. The minimum absolute atomic E-state index is 0.413. The maximum absolute atomic E-state index is 11.4. The molecule has 1 amide bonds. The fraction of sp³-hybridized carbons (Fsp3) is 0.500. The van der Waals surface area contributed by atoms with E-state index in [1.807, 2.05) is 33.8 Å². The number of nitrogens with zero attached hydrogens (tertiary/aromatic N) is 1. The molecule has 0 spiro atoms. The van der Waals surface area contributed by atoms with Crippen molar-refractivity contribution >= 4 is 22.0 Å². The van der Waals surface area contributed by atoms with Gasteiger partial charge >= 0.3 is 6.09 Å². The van der Waals surface area contributed by atoms with Crippen LogP contribution >= 0.6 is 15.9 Å². The van der Waals surface area contributed by atoms with Crippen LogP contribution in [-0.2, 0) is 11.3 Å². The highest BCUT2D eigenvalue weighted by molar-refractivity contribution is 9.10. The van der Waals surface area contributed by atoms with Crippen LogP contribution in [0.4, 0.5) is 4.79 Å². The molecule has 0 bridgehead atoms. The molecule has 1 rings (SSSR count). The van der Waals surface area contributed by atoms with Gasteiger partial charge in [0.25, 0.3) is 0 Å². The molecule has 0 fully saturated rings. The number of aryl methyl sites for hydroxylation is 1. The number of rotatable bonds is 2. The lowest BCUT2D eigenvalue weighted by atomic mass is 10.2. The van der Waals surface area contributed by atoms with Gasteiger partial charge in [0, 0.05) is 12.7 Å². The molecule has 1 heterocycles. The van der Waals surface area contributed by atoms with E-state index in [1.165, 1.54) is 0 Å². The maximum Gasteiger partial charge on any atom is 0.407 e. The van der Waals surface area contributed by atoms with E-state index in [2.05, 4.69) is 26.2 Å². The van der Waals surface area contributed by atoms with Gasteiger partial charge in [0.05, 0.1) is 0 Å². The van der Waals surface area contributed by atoms with E-state index in [0.29, 0.717) is 6.54 Å². The first-order valence-electron chi connectivity index (χ1n) is 5.36. The Bertz CT molecular complexity index is 413. The number of aromatic nitrogens is 1. The summed E-state index contributed by atoms with van der Waals surface area (Å²) in [6, 6.07) is 1.97. The highest BCUT2D eigenvalue weighted by atomic mass is 79.9. The van der Waals surface area contributed by atoms with Gasteiger partial charge in [-0.25, -0.2) is 9.78 Å². The predicted octanol–water partition coefficient (Wildman–Crippen LogP) is 3.18. The minimum atomic E-state index is -0.474. The summed E-state index contributed by atoms with van der Waals surface area (Å²) >= 11 is 3.33. The summed E-state index contributed by atoms with van der Waals surface area (Å²) < 4.78 is 5.95. The topological polar surface area (TPSA) is 51.2 Å². The molecule has 5 heteroatoms. The third-order valence-corrected chi connectivity index (χ3v) is 2.74. The highest BCUT2D eigenvalue weighted by Crippen LogP contribution is 2.13. The van der Waals surface area contributed by atoms with Gasteiger partial charge in [-0.1, -0.05) is 6.07 Å². The number of alkyl carbamates (subject to hydrolysis) is 1. The molecule has 0 aromatic carbocycles. The number of carbonyl (C=O) groups excluding carboxylic acids is 1. The lowest BCUT2D eigenvalue weighted by Crippen LogP contribution is -2.32. The zero-order valence-corrected chi connectivity index (χ0v) is 12.1. The Balaban J connectivity index is 2.50. The van der Waals surface area contributed by atoms with E-state index in [4.69, 9.17) is 4.74 Å². The SMILES string of the molecule is Cc1cc(CNC(=O)OC(C)(C)C)cnc1Br. The van der Waals surface area contributed by atoms with Gasteiger partial charge in [0.15, 0.2) is 0 Å². The smallest absolute Gasteiger partial charge is 0.407 e. The summed E-state index contributed by atoms with van der Waals surface area (Å²) in [6.45, 7) is 7.86. The Kier molecular flexibility index (Phi) is 4.51. The van der Waals surface area contributed by atoms with Gasteiger partial charge in [-0.2, -0.15) is 0 Å². The maximum atomic E-state index is 11.4. The average Bonchev–Trinajstić information content (AvgIpc) is 2.17. The van der Waals surface area contributed by atoms with Crippen LogP contribution in [-0.4, -0.2) is 16.7 Å². The molecule has 1 N–H and O–H groups in total. The van der Waals surface area contributed by atoms with E-state index >= 15 is 0 Å². The summed E-state index contributed by atoms with van der Waals surface area (Å²) in [7, 11) is 0. The summed E-state index contributed by atoms with van der Waals surface area (Å²) in [5.74, 6) is 0. The number of hydrogen-bond donors (Lipinski definition) is 1. The van der Waals surface area contributed by atoms with Crippen molar-refractivity contribution in [1.82, 2.24) is 10.3 Å². The first kappa shape index (κ1) is 14.0. The monoisotopic (exact) mass is 300 g/mol. The van der Waals surface area contributed by atoms with Crippen LogP contribution in [0.5, 0.6) is 0 Å².